The SMILES string of the molecule is Nc1cc(=O)[nH]c(SCCC(=O)Nc2ccc(S(=O)(=O)[N-]c3nccs3)cc2)n1.[Na+]. The van der Waals surface area contributed by atoms with Crippen LogP contribution in [0.2, 0.25) is 0 Å². The number of aromatic amines is 1. The molecular weight excluding hydrogens is 459 g/mol. The van der Waals surface area contributed by atoms with Crippen LogP contribution in [0.3, 0.4) is 0 Å². The predicted molar refractivity (Wildman–Crippen MR) is 112 cm³/mol. The monoisotopic (exact) mass is 474 g/mol. The number of thioether (sulfide) groups is 1. The fourth-order valence-corrected chi connectivity index (χ4v) is 4.61. The number of H-pyrrole nitrogens is 1. The number of aromatic nitrogens is 3. The number of rotatable bonds is 8. The molecule has 30 heavy (non-hydrogen) atoms. The van der Waals surface area contributed by atoms with E-state index in [1.165, 1.54) is 48.3 Å². The molecule has 0 saturated carbocycles. The van der Waals surface area contributed by atoms with E-state index in [1.54, 1.807) is 5.38 Å². The molecule has 0 fully saturated rings. The van der Waals surface area contributed by atoms with Gasteiger partial charge in [-0.3, -0.25) is 9.59 Å². The van der Waals surface area contributed by atoms with E-state index in [0.717, 1.165) is 11.3 Å². The Balaban J connectivity index is 0.00000320. The third kappa shape index (κ3) is 7.11. The summed E-state index contributed by atoms with van der Waals surface area (Å²) in [5.74, 6) is 0.210. The third-order valence-corrected chi connectivity index (χ3v) is 6.30. The molecule has 0 aliphatic carbocycles. The Morgan fingerprint density at radius 1 is 1.30 bits per heavy atom. The first-order chi connectivity index (χ1) is 13.8. The molecule has 0 radical (unpaired) electrons. The number of benzene rings is 1. The van der Waals surface area contributed by atoms with Crippen LogP contribution in [-0.4, -0.2) is 35.0 Å². The number of nitrogens with one attached hydrogen (secondary N) is 2. The summed E-state index contributed by atoms with van der Waals surface area (Å²) in [4.78, 5) is 33.7. The molecule has 0 atom stereocenters. The van der Waals surface area contributed by atoms with Crippen molar-refractivity contribution in [2.75, 3.05) is 16.8 Å². The summed E-state index contributed by atoms with van der Waals surface area (Å²) in [6.07, 6.45) is 1.62. The van der Waals surface area contributed by atoms with Gasteiger partial charge < -0.3 is 25.7 Å². The predicted octanol–water partition coefficient (Wildman–Crippen LogP) is -0.672. The second-order valence-corrected chi connectivity index (χ2v) is 9.09. The Morgan fingerprint density at radius 3 is 2.67 bits per heavy atom. The number of hydrogen-bond acceptors (Lipinski definition) is 9. The molecule has 3 rings (SSSR count). The number of nitrogens with two attached hydrogens (primary N) is 1. The van der Waals surface area contributed by atoms with Gasteiger partial charge in [-0.1, -0.05) is 18.0 Å². The van der Waals surface area contributed by atoms with Crippen molar-refractivity contribution in [1.82, 2.24) is 15.0 Å². The van der Waals surface area contributed by atoms with Crippen LogP contribution in [-0.2, 0) is 14.8 Å². The Hall–Kier alpha value is -1.90. The van der Waals surface area contributed by atoms with Crippen LogP contribution in [0.4, 0.5) is 16.6 Å². The standard InChI is InChI=1S/C16H16N6O4S3.Na/c17-12-9-14(24)21-16(20-12)27-7-5-13(23)19-10-1-3-11(4-2-10)29(25,26)22-15-18-6-8-28-15;/h1-4,6,8-9H,5,7H2,(H5,17,18,19,20,21,22,23,24);/q;+1/p-1. The molecule has 14 heteroatoms. The summed E-state index contributed by atoms with van der Waals surface area (Å²) in [5, 5.41) is 4.78. The zero-order valence-electron chi connectivity index (χ0n) is 15.7. The van der Waals surface area contributed by atoms with Crippen molar-refractivity contribution >= 4 is 55.7 Å². The van der Waals surface area contributed by atoms with Gasteiger partial charge in [-0.25, -0.2) is 13.4 Å². The molecule has 152 valence electrons. The van der Waals surface area contributed by atoms with E-state index in [2.05, 4.69) is 25.0 Å². The number of carbonyl (C=O) groups is 1. The third-order valence-electron chi connectivity index (χ3n) is 3.36. The molecule has 0 aliphatic rings. The normalized spacial score (nSPS) is 10.8. The van der Waals surface area contributed by atoms with Gasteiger partial charge in [0.25, 0.3) is 5.56 Å². The average molecular weight is 475 g/mol. The molecule has 2 aromatic heterocycles. The molecule has 1 amide bonds. The topological polar surface area (TPSA) is 162 Å². The summed E-state index contributed by atoms with van der Waals surface area (Å²) < 4.78 is 28.1. The quantitative estimate of drug-likeness (QED) is 0.220. The first-order valence-corrected chi connectivity index (χ1v) is 11.4. The van der Waals surface area contributed by atoms with Crippen LogP contribution in [0, 0.1) is 0 Å². The van der Waals surface area contributed by atoms with Crippen molar-refractivity contribution in [2.45, 2.75) is 16.5 Å². The van der Waals surface area contributed by atoms with E-state index in [1.807, 2.05) is 0 Å². The Morgan fingerprint density at radius 2 is 2.03 bits per heavy atom. The minimum atomic E-state index is -3.87. The van der Waals surface area contributed by atoms with Gasteiger partial charge in [0, 0.05) is 29.1 Å². The minimum Gasteiger partial charge on any atom is -0.433 e. The largest absolute Gasteiger partial charge is 1.00 e. The molecule has 0 aliphatic heterocycles. The summed E-state index contributed by atoms with van der Waals surface area (Å²) in [5.41, 5.74) is 5.59. The molecule has 10 nitrogen and oxygen atoms in total. The van der Waals surface area contributed by atoms with Crippen molar-refractivity contribution in [3.63, 3.8) is 0 Å². The molecule has 4 N–H and O–H groups in total. The minimum absolute atomic E-state index is 0. The van der Waals surface area contributed by atoms with Crippen LogP contribution < -0.4 is 46.2 Å². The van der Waals surface area contributed by atoms with E-state index < -0.39 is 10.0 Å². The van der Waals surface area contributed by atoms with Crippen molar-refractivity contribution in [3.05, 3.63) is 57.0 Å². The molecule has 1 aromatic carbocycles. The van der Waals surface area contributed by atoms with E-state index in [0.29, 0.717) is 16.6 Å². The fourth-order valence-electron chi connectivity index (χ4n) is 2.11. The van der Waals surface area contributed by atoms with Gasteiger partial charge in [0.2, 0.25) is 15.9 Å². The molecule has 2 heterocycles. The van der Waals surface area contributed by atoms with E-state index in [9.17, 15) is 18.0 Å². The van der Waals surface area contributed by atoms with Crippen LogP contribution in [0.5, 0.6) is 0 Å². The number of carbonyl (C=O) groups excluding carboxylic acids is 1. The second-order valence-electron chi connectivity index (χ2n) is 5.53. The summed E-state index contributed by atoms with van der Waals surface area (Å²) in [7, 11) is -3.87. The summed E-state index contributed by atoms with van der Waals surface area (Å²) >= 11 is 2.31. The number of thiazole rings is 1. The molecular formula is C16H15N6NaO4S3. The van der Waals surface area contributed by atoms with Gasteiger partial charge in [0.15, 0.2) is 5.16 Å². The van der Waals surface area contributed by atoms with Crippen LogP contribution >= 0.6 is 23.1 Å². The zero-order valence-corrected chi connectivity index (χ0v) is 20.2. The average Bonchev–Trinajstić information content (AvgIpc) is 3.13. The van der Waals surface area contributed by atoms with Gasteiger partial charge in [0.05, 0.1) is 4.90 Å². The number of anilines is 2. The van der Waals surface area contributed by atoms with Crippen molar-refractivity contribution < 1.29 is 42.8 Å². The summed E-state index contributed by atoms with van der Waals surface area (Å²) in [6.45, 7) is 0. The Bertz CT molecular complexity index is 1150. The van der Waals surface area contributed by atoms with Crippen molar-refractivity contribution in [2.24, 2.45) is 0 Å². The molecule has 0 unspecified atom stereocenters. The number of hydrogen-bond donors (Lipinski definition) is 3. The fraction of sp³-hybridized carbons (Fsp3) is 0.125. The Labute approximate surface area is 202 Å². The van der Waals surface area contributed by atoms with Gasteiger partial charge >= 0.3 is 29.6 Å². The number of nitrogen functional groups attached to an aromatic ring is 1. The number of amides is 1. The number of sulfonamides is 1. The van der Waals surface area contributed by atoms with Gasteiger partial charge in [-0.05, 0) is 29.6 Å². The van der Waals surface area contributed by atoms with Gasteiger partial charge in [-0.2, -0.15) is 11.3 Å². The maximum absolute atomic E-state index is 12.2. The van der Waals surface area contributed by atoms with Gasteiger partial charge in [-0.15, -0.1) is 0 Å². The van der Waals surface area contributed by atoms with E-state index >= 15 is 0 Å². The van der Waals surface area contributed by atoms with Crippen LogP contribution in [0.25, 0.3) is 4.72 Å². The van der Waals surface area contributed by atoms with Crippen molar-refractivity contribution in [1.29, 1.82) is 0 Å². The first kappa shape index (κ1) is 24.4. The van der Waals surface area contributed by atoms with Crippen LogP contribution in [0.15, 0.2) is 56.8 Å². The van der Waals surface area contributed by atoms with E-state index in [4.69, 9.17) is 5.73 Å². The maximum Gasteiger partial charge on any atom is 1.00 e. The smallest absolute Gasteiger partial charge is 0.433 e. The van der Waals surface area contributed by atoms with Gasteiger partial charge in [0.1, 0.15) is 5.82 Å². The molecule has 0 saturated heterocycles. The molecule has 3 aromatic rings. The second kappa shape index (κ2) is 10.9. The van der Waals surface area contributed by atoms with Crippen LogP contribution in [0.1, 0.15) is 6.42 Å². The first-order valence-electron chi connectivity index (χ1n) is 8.09. The number of nitrogens with zero attached hydrogens (tertiary/aromatic N) is 3. The maximum atomic E-state index is 12.2. The molecule has 0 spiro atoms. The Kier molecular flexibility index (Phi) is 8.88. The zero-order chi connectivity index (χ0) is 20.9. The van der Waals surface area contributed by atoms with E-state index in [-0.39, 0.29) is 63.3 Å². The van der Waals surface area contributed by atoms with Crippen molar-refractivity contribution in [3.8, 4) is 0 Å². The molecule has 0 bridgehead atoms. The summed E-state index contributed by atoms with van der Waals surface area (Å²) in [6, 6.07) is 6.85.